The SMILES string of the molecule is CCNC(=NCc1ccc(C(F)(F)F)cc1)NCc1c(C)nn(C)c1C. The number of alkyl halides is 3. The summed E-state index contributed by atoms with van der Waals surface area (Å²) in [6, 6.07) is 5.05. The molecule has 8 heteroatoms. The van der Waals surface area contributed by atoms with Crippen LogP contribution in [0.1, 0.15) is 35.0 Å². The van der Waals surface area contributed by atoms with E-state index in [2.05, 4.69) is 20.7 Å². The monoisotopic (exact) mass is 367 g/mol. The molecule has 0 amide bonds. The molecule has 2 rings (SSSR count). The molecule has 0 atom stereocenters. The number of aryl methyl sites for hydroxylation is 2. The summed E-state index contributed by atoms with van der Waals surface area (Å²) in [5.74, 6) is 0.607. The lowest BCUT2D eigenvalue weighted by molar-refractivity contribution is -0.137. The maximum absolute atomic E-state index is 12.6. The highest BCUT2D eigenvalue weighted by atomic mass is 19.4. The highest BCUT2D eigenvalue weighted by Crippen LogP contribution is 2.29. The summed E-state index contributed by atoms with van der Waals surface area (Å²) in [7, 11) is 1.90. The lowest BCUT2D eigenvalue weighted by atomic mass is 10.1. The van der Waals surface area contributed by atoms with Gasteiger partial charge in [-0.3, -0.25) is 4.68 Å². The van der Waals surface area contributed by atoms with Crippen molar-refractivity contribution in [3.8, 4) is 0 Å². The molecule has 0 aliphatic rings. The molecule has 0 spiro atoms. The van der Waals surface area contributed by atoms with E-state index in [-0.39, 0.29) is 0 Å². The average Bonchev–Trinajstić information content (AvgIpc) is 2.82. The summed E-state index contributed by atoms with van der Waals surface area (Å²) >= 11 is 0. The number of rotatable bonds is 5. The van der Waals surface area contributed by atoms with Crippen LogP contribution < -0.4 is 10.6 Å². The van der Waals surface area contributed by atoms with Crippen LogP contribution in [-0.2, 0) is 26.3 Å². The first kappa shape index (κ1) is 19.8. The molecule has 0 radical (unpaired) electrons. The number of hydrogen-bond acceptors (Lipinski definition) is 2. The lowest BCUT2D eigenvalue weighted by Crippen LogP contribution is -2.37. The third-order valence-electron chi connectivity index (χ3n) is 4.14. The quantitative estimate of drug-likeness (QED) is 0.630. The minimum absolute atomic E-state index is 0.290. The number of benzene rings is 1. The molecule has 2 N–H and O–H groups in total. The molecular formula is C18H24F3N5. The number of aromatic nitrogens is 2. The van der Waals surface area contributed by atoms with Gasteiger partial charge in [0.15, 0.2) is 5.96 Å². The molecule has 0 aliphatic carbocycles. The normalized spacial score (nSPS) is 12.3. The van der Waals surface area contributed by atoms with Crippen molar-refractivity contribution < 1.29 is 13.2 Å². The van der Waals surface area contributed by atoms with Crippen molar-refractivity contribution in [2.45, 2.75) is 40.0 Å². The van der Waals surface area contributed by atoms with Crippen molar-refractivity contribution in [1.82, 2.24) is 20.4 Å². The van der Waals surface area contributed by atoms with E-state index in [9.17, 15) is 13.2 Å². The summed E-state index contributed by atoms with van der Waals surface area (Å²) in [5, 5.41) is 10.8. The molecule has 26 heavy (non-hydrogen) atoms. The van der Waals surface area contributed by atoms with Gasteiger partial charge in [0.05, 0.1) is 17.8 Å². The maximum Gasteiger partial charge on any atom is 0.416 e. The molecule has 0 bridgehead atoms. The zero-order valence-corrected chi connectivity index (χ0v) is 15.4. The van der Waals surface area contributed by atoms with Crippen LogP contribution in [0.2, 0.25) is 0 Å². The fraction of sp³-hybridized carbons (Fsp3) is 0.444. The number of hydrogen-bond donors (Lipinski definition) is 2. The van der Waals surface area contributed by atoms with Crippen molar-refractivity contribution >= 4 is 5.96 Å². The van der Waals surface area contributed by atoms with Gasteiger partial charge in [0, 0.05) is 31.4 Å². The molecule has 5 nitrogen and oxygen atoms in total. The van der Waals surface area contributed by atoms with E-state index < -0.39 is 11.7 Å². The van der Waals surface area contributed by atoms with E-state index in [1.807, 2.05) is 32.5 Å². The second-order valence-electron chi connectivity index (χ2n) is 6.02. The van der Waals surface area contributed by atoms with Crippen LogP contribution in [0.5, 0.6) is 0 Å². The van der Waals surface area contributed by atoms with Gasteiger partial charge in [-0.15, -0.1) is 0 Å². The predicted molar refractivity (Wildman–Crippen MR) is 95.8 cm³/mol. The molecule has 2 aromatic rings. The van der Waals surface area contributed by atoms with Crippen LogP contribution in [0.4, 0.5) is 13.2 Å². The topological polar surface area (TPSA) is 54.2 Å². The zero-order valence-electron chi connectivity index (χ0n) is 15.4. The van der Waals surface area contributed by atoms with Crippen LogP contribution in [0.15, 0.2) is 29.3 Å². The molecule has 0 unspecified atom stereocenters. The first-order chi connectivity index (χ1) is 12.2. The summed E-state index contributed by atoms with van der Waals surface area (Å²) in [4.78, 5) is 4.44. The van der Waals surface area contributed by atoms with Crippen LogP contribution in [0, 0.1) is 13.8 Å². The molecule has 1 aromatic carbocycles. The van der Waals surface area contributed by atoms with Crippen molar-refractivity contribution in [2.24, 2.45) is 12.0 Å². The number of halogens is 3. The highest BCUT2D eigenvalue weighted by molar-refractivity contribution is 5.79. The minimum atomic E-state index is -4.32. The van der Waals surface area contributed by atoms with E-state index in [0.29, 0.717) is 31.2 Å². The second-order valence-corrected chi connectivity index (χ2v) is 6.02. The summed E-state index contributed by atoms with van der Waals surface area (Å²) in [6.07, 6.45) is -4.32. The van der Waals surface area contributed by atoms with Gasteiger partial charge >= 0.3 is 6.18 Å². The molecule has 1 heterocycles. The minimum Gasteiger partial charge on any atom is -0.357 e. The number of nitrogens with one attached hydrogen (secondary N) is 2. The Hall–Kier alpha value is -2.51. The largest absolute Gasteiger partial charge is 0.416 e. The van der Waals surface area contributed by atoms with Crippen LogP contribution in [0.25, 0.3) is 0 Å². The Morgan fingerprint density at radius 1 is 1.15 bits per heavy atom. The van der Waals surface area contributed by atoms with Gasteiger partial charge in [0.1, 0.15) is 0 Å². The predicted octanol–water partition coefficient (Wildman–Crippen LogP) is 3.31. The first-order valence-corrected chi connectivity index (χ1v) is 8.39. The number of guanidine groups is 1. The Morgan fingerprint density at radius 3 is 2.31 bits per heavy atom. The van der Waals surface area contributed by atoms with Crippen molar-refractivity contribution in [2.75, 3.05) is 6.54 Å². The standard InChI is InChI=1S/C18H24F3N5/c1-5-22-17(24-11-16-12(2)25-26(4)13(16)3)23-10-14-6-8-15(9-7-14)18(19,20)21/h6-9H,5,10-11H2,1-4H3,(H2,22,23,24). The molecule has 0 saturated heterocycles. The Kier molecular flexibility index (Phi) is 6.28. The fourth-order valence-corrected chi connectivity index (χ4v) is 2.56. The van der Waals surface area contributed by atoms with Gasteiger partial charge in [-0.25, -0.2) is 4.99 Å². The number of nitrogens with zero attached hydrogens (tertiary/aromatic N) is 3. The van der Waals surface area contributed by atoms with Gasteiger partial charge < -0.3 is 10.6 Å². The van der Waals surface area contributed by atoms with Gasteiger partial charge in [0.25, 0.3) is 0 Å². The summed E-state index contributed by atoms with van der Waals surface area (Å²) < 4.78 is 39.7. The molecule has 0 aliphatic heterocycles. The van der Waals surface area contributed by atoms with Gasteiger partial charge in [-0.05, 0) is 38.5 Å². The third-order valence-corrected chi connectivity index (χ3v) is 4.14. The van der Waals surface area contributed by atoms with Crippen LogP contribution in [0.3, 0.4) is 0 Å². The molecule has 1 aromatic heterocycles. The zero-order chi connectivity index (χ0) is 19.3. The Balaban J connectivity index is 2.04. The van der Waals surface area contributed by atoms with Gasteiger partial charge in [-0.1, -0.05) is 12.1 Å². The molecule has 0 fully saturated rings. The average molecular weight is 367 g/mol. The van der Waals surface area contributed by atoms with E-state index in [4.69, 9.17) is 0 Å². The fourth-order valence-electron chi connectivity index (χ4n) is 2.56. The van der Waals surface area contributed by atoms with Gasteiger partial charge in [0.2, 0.25) is 0 Å². The van der Waals surface area contributed by atoms with Crippen molar-refractivity contribution in [3.63, 3.8) is 0 Å². The Bertz CT molecular complexity index is 760. The second kappa shape index (κ2) is 8.25. The molecular weight excluding hydrogens is 343 g/mol. The maximum atomic E-state index is 12.6. The van der Waals surface area contributed by atoms with Crippen LogP contribution in [-0.4, -0.2) is 22.3 Å². The molecule has 0 saturated carbocycles. The third kappa shape index (κ3) is 5.00. The van der Waals surface area contributed by atoms with Crippen molar-refractivity contribution in [1.29, 1.82) is 0 Å². The highest BCUT2D eigenvalue weighted by Gasteiger charge is 2.29. The molecule has 142 valence electrons. The number of aliphatic imine (C=N–C) groups is 1. The Morgan fingerprint density at radius 2 is 1.81 bits per heavy atom. The summed E-state index contributed by atoms with van der Waals surface area (Å²) in [5.41, 5.74) is 3.19. The smallest absolute Gasteiger partial charge is 0.357 e. The lowest BCUT2D eigenvalue weighted by Gasteiger charge is -2.12. The van der Waals surface area contributed by atoms with E-state index in [1.54, 1.807) is 0 Å². The van der Waals surface area contributed by atoms with Crippen molar-refractivity contribution in [3.05, 3.63) is 52.3 Å². The Labute approximate surface area is 151 Å². The van der Waals surface area contributed by atoms with E-state index in [0.717, 1.165) is 29.1 Å². The van der Waals surface area contributed by atoms with Crippen LogP contribution >= 0.6 is 0 Å². The summed E-state index contributed by atoms with van der Waals surface area (Å²) in [6.45, 7) is 7.46. The van der Waals surface area contributed by atoms with E-state index in [1.165, 1.54) is 12.1 Å². The van der Waals surface area contributed by atoms with E-state index >= 15 is 0 Å². The van der Waals surface area contributed by atoms with Gasteiger partial charge in [-0.2, -0.15) is 18.3 Å². The first-order valence-electron chi connectivity index (χ1n) is 8.39.